The van der Waals surface area contributed by atoms with Crippen LogP contribution in [0.2, 0.25) is 0 Å². The first-order valence-corrected chi connectivity index (χ1v) is 3.51. The number of hydrogen-bond donors (Lipinski definition) is 0. The van der Waals surface area contributed by atoms with Crippen molar-refractivity contribution >= 4 is 5.78 Å². The van der Waals surface area contributed by atoms with Crippen LogP contribution in [0.3, 0.4) is 0 Å². The fourth-order valence-corrected chi connectivity index (χ4v) is 0.801. The third kappa shape index (κ3) is 2.08. The summed E-state index contributed by atoms with van der Waals surface area (Å²) in [5.41, 5.74) is 0.645. The van der Waals surface area contributed by atoms with Gasteiger partial charge >= 0.3 is 0 Å². The minimum Gasteiger partial charge on any atom is -0.472 e. The topological polar surface area (TPSA) is 30.2 Å². The second-order valence-corrected chi connectivity index (χ2v) is 2.26. The van der Waals surface area contributed by atoms with E-state index in [2.05, 4.69) is 6.58 Å². The number of ketones is 1. The third-order valence-electron chi connectivity index (χ3n) is 1.42. The standard InChI is InChI=1S/C9H10O2/c1-2-3-4-9(10)8-5-6-11-7-8/h2,5-7H,1,3-4H2. The van der Waals surface area contributed by atoms with Crippen molar-refractivity contribution in [1.82, 2.24) is 0 Å². The van der Waals surface area contributed by atoms with Gasteiger partial charge in [-0.2, -0.15) is 0 Å². The van der Waals surface area contributed by atoms with Gasteiger partial charge in [-0.3, -0.25) is 4.79 Å². The first kappa shape index (κ1) is 7.79. The zero-order valence-corrected chi connectivity index (χ0v) is 6.25. The van der Waals surface area contributed by atoms with Gasteiger partial charge in [0.15, 0.2) is 5.78 Å². The number of carbonyl (C=O) groups is 1. The molecule has 0 bridgehead atoms. The summed E-state index contributed by atoms with van der Waals surface area (Å²) in [7, 11) is 0. The van der Waals surface area contributed by atoms with E-state index < -0.39 is 0 Å². The van der Waals surface area contributed by atoms with E-state index in [1.165, 1.54) is 12.5 Å². The third-order valence-corrected chi connectivity index (χ3v) is 1.42. The first-order valence-electron chi connectivity index (χ1n) is 3.51. The van der Waals surface area contributed by atoms with Crippen LogP contribution in [0.1, 0.15) is 23.2 Å². The summed E-state index contributed by atoms with van der Waals surface area (Å²) in [6, 6.07) is 1.67. The van der Waals surface area contributed by atoms with Crippen LogP contribution in [0.15, 0.2) is 35.7 Å². The monoisotopic (exact) mass is 150 g/mol. The molecule has 0 N–H and O–H groups in total. The van der Waals surface area contributed by atoms with Crippen LogP contribution in [0.5, 0.6) is 0 Å². The number of Topliss-reactive ketones (excluding diaryl/α,β-unsaturated/α-hetero) is 1. The van der Waals surface area contributed by atoms with Gasteiger partial charge in [-0.15, -0.1) is 6.58 Å². The predicted molar refractivity (Wildman–Crippen MR) is 42.5 cm³/mol. The Bertz CT molecular complexity index is 234. The fourth-order valence-electron chi connectivity index (χ4n) is 0.801. The van der Waals surface area contributed by atoms with Crippen molar-refractivity contribution in [3.63, 3.8) is 0 Å². The zero-order chi connectivity index (χ0) is 8.10. The summed E-state index contributed by atoms with van der Waals surface area (Å²) >= 11 is 0. The van der Waals surface area contributed by atoms with E-state index in [9.17, 15) is 4.79 Å². The minimum absolute atomic E-state index is 0.110. The highest BCUT2D eigenvalue weighted by molar-refractivity contribution is 5.95. The van der Waals surface area contributed by atoms with E-state index in [0.29, 0.717) is 12.0 Å². The van der Waals surface area contributed by atoms with E-state index in [1.807, 2.05) is 0 Å². The molecule has 0 atom stereocenters. The summed E-state index contributed by atoms with van der Waals surface area (Å²) in [6.45, 7) is 3.54. The Morgan fingerprint density at radius 2 is 2.55 bits per heavy atom. The number of hydrogen-bond acceptors (Lipinski definition) is 2. The second kappa shape index (κ2) is 3.76. The van der Waals surface area contributed by atoms with Crippen molar-refractivity contribution < 1.29 is 9.21 Å². The SMILES string of the molecule is C=CCCC(=O)c1ccoc1. The highest BCUT2D eigenvalue weighted by Gasteiger charge is 2.04. The van der Waals surface area contributed by atoms with Crippen LogP contribution in [0, 0.1) is 0 Å². The minimum atomic E-state index is 0.110. The van der Waals surface area contributed by atoms with Gasteiger partial charge in [-0.25, -0.2) is 0 Å². The molecule has 0 saturated heterocycles. The van der Waals surface area contributed by atoms with Crippen molar-refractivity contribution in [2.75, 3.05) is 0 Å². The van der Waals surface area contributed by atoms with Crippen molar-refractivity contribution in [1.29, 1.82) is 0 Å². The van der Waals surface area contributed by atoms with Crippen molar-refractivity contribution in [2.45, 2.75) is 12.8 Å². The van der Waals surface area contributed by atoms with Crippen LogP contribution in [0.25, 0.3) is 0 Å². The number of rotatable bonds is 4. The fraction of sp³-hybridized carbons (Fsp3) is 0.222. The zero-order valence-electron chi connectivity index (χ0n) is 6.25. The Kier molecular flexibility index (Phi) is 2.66. The lowest BCUT2D eigenvalue weighted by atomic mass is 10.1. The van der Waals surface area contributed by atoms with Crippen LogP contribution in [-0.4, -0.2) is 5.78 Å². The molecule has 58 valence electrons. The van der Waals surface area contributed by atoms with Gasteiger partial charge in [0.2, 0.25) is 0 Å². The Labute approximate surface area is 65.5 Å². The van der Waals surface area contributed by atoms with E-state index in [1.54, 1.807) is 12.1 Å². The van der Waals surface area contributed by atoms with Crippen LogP contribution < -0.4 is 0 Å². The molecule has 2 heteroatoms. The van der Waals surface area contributed by atoms with Gasteiger partial charge in [0.05, 0.1) is 11.8 Å². The lowest BCUT2D eigenvalue weighted by Crippen LogP contribution is -1.94. The number of furan rings is 1. The Morgan fingerprint density at radius 1 is 1.73 bits per heavy atom. The van der Waals surface area contributed by atoms with Crippen LogP contribution >= 0.6 is 0 Å². The Hall–Kier alpha value is -1.31. The van der Waals surface area contributed by atoms with Crippen LogP contribution in [-0.2, 0) is 0 Å². The highest BCUT2D eigenvalue weighted by atomic mass is 16.3. The Balaban J connectivity index is 2.49. The number of allylic oxidation sites excluding steroid dienone is 1. The van der Waals surface area contributed by atoms with Gasteiger partial charge in [0.25, 0.3) is 0 Å². The Morgan fingerprint density at radius 3 is 3.09 bits per heavy atom. The lowest BCUT2D eigenvalue weighted by Gasteiger charge is -1.90. The predicted octanol–water partition coefficient (Wildman–Crippen LogP) is 2.43. The summed E-state index contributed by atoms with van der Waals surface area (Å²) in [6.07, 6.45) is 5.94. The molecule has 0 amide bonds. The van der Waals surface area contributed by atoms with E-state index in [4.69, 9.17) is 4.42 Å². The lowest BCUT2D eigenvalue weighted by molar-refractivity contribution is 0.0983. The van der Waals surface area contributed by atoms with E-state index >= 15 is 0 Å². The maximum absolute atomic E-state index is 11.2. The molecule has 0 unspecified atom stereocenters. The molecule has 0 aliphatic carbocycles. The summed E-state index contributed by atoms with van der Waals surface area (Å²) in [4.78, 5) is 11.2. The molecule has 0 aliphatic rings. The molecule has 0 aliphatic heterocycles. The summed E-state index contributed by atoms with van der Waals surface area (Å²) in [5, 5.41) is 0. The quantitative estimate of drug-likeness (QED) is 0.487. The molecule has 0 radical (unpaired) electrons. The molecule has 1 rings (SSSR count). The molecule has 0 spiro atoms. The van der Waals surface area contributed by atoms with Crippen molar-refractivity contribution in [3.8, 4) is 0 Å². The molecule has 11 heavy (non-hydrogen) atoms. The van der Waals surface area contributed by atoms with E-state index in [-0.39, 0.29) is 5.78 Å². The maximum atomic E-state index is 11.2. The normalized spacial score (nSPS) is 9.45. The van der Waals surface area contributed by atoms with Crippen LogP contribution in [0.4, 0.5) is 0 Å². The summed E-state index contributed by atoms with van der Waals surface area (Å²) in [5.74, 6) is 0.110. The van der Waals surface area contributed by atoms with Crippen molar-refractivity contribution in [2.24, 2.45) is 0 Å². The largest absolute Gasteiger partial charge is 0.472 e. The second-order valence-electron chi connectivity index (χ2n) is 2.26. The molecule has 0 aromatic carbocycles. The van der Waals surface area contributed by atoms with Gasteiger partial charge in [-0.05, 0) is 12.5 Å². The molecule has 1 heterocycles. The molecule has 0 fully saturated rings. The van der Waals surface area contributed by atoms with Gasteiger partial charge in [-0.1, -0.05) is 6.08 Å². The molecular weight excluding hydrogens is 140 g/mol. The van der Waals surface area contributed by atoms with Gasteiger partial charge in [0.1, 0.15) is 6.26 Å². The van der Waals surface area contributed by atoms with Crippen molar-refractivity contribution in [3.05, 3.63) is 36.8 Å². The molecule has 1 aromatic heterocycles. The molecular formula is C9H10O2. The smallest absolute Gasteiger partial charge is 0.166 e. The van der Waals surface area contributed by atoms with E-state index in [0.717, 1.165) is 6.42 Å². The average molecular weight is 150 g/mol. The maximum Gasteiger partial charge on any atom is 0.166 e. The first-order chi connectivity index (χ1) is 5.34. The molecule has 2 nitrogen and oxygen atoms in total. The highest BCUT2D eigenvalue weighted by Crippen LogP contribution is 2.05. The van der Waals surface area contributed by atoms with Gasteiger partial charge in [0, 0.05) is 6.42 Å². The summed E-state index contributed by atoms with van der Waals surface area (Å²) < 4.78 is 4.77. The molecule has 1 aromatic rings. The van der Waals surface area contributed by atoms with Gasteiger partial charge < -0.3 is 4.42 Å². The number of carbonyl (C=O) groups excluding carboxylic acids is 1. The average Bonchev–Trinajstić information content (AvgIpc) is 2.52. The molecule has 0 saturated carbocycles.